The number of rotatable bonds is 3. The van der Waals surface area contributed by atoms with Crippen LogP contribution in [-0.4, -0.2) is 29.0 Å². The first-order valence-corrected chi connectivity index (χ1v) is 6.98. The molecule has 102 valence electrons. The highest BCUT2D eigenvalue weighted by molar-refractivity contribution is 5.93. The Bertz CT molecular complexity index is 481. The van der Waals surface area contributed by atoms with Gasteiger partial charge in [-0.3, -0.25) is 9.59 Å². The Morgan fingerprint density at radius 1 is 1.37 bits per heavy atom. The van der Waals surface area contributed by atoms with Crippen LogP contribution in [-0.2, 0) is 4.79 Å². The number of piperidine rings is 1. The second kappa shape index (κ2) is 5.07. The number of hydrogen-bond donors (Lipinski definition) is 2. The van der Waals surface area contributed by atoms with Crippen LogP contribution in [0.3, 0.4) is 0 Å². The highest BCUT2D eigenvalue weighted by Crippen LogP contribution is 2.32. The molecule has 5 nitrogen and oxygen atoms in total. The van der Waals surface area contributed by atoms with Crippen LogP contribution in [0.1, 0.15) is 48.6 Å². The minimum Gasteiger partial charge on any atom is -0.354 e. The van der Waals surface area contributed by atoms with Gasteiger partial charge in [-0.2, -0.15) is 0 Å². The van der Waals surface area contributed by atoms with Gasteiger partial charge >= 0.3 is 0 Å². The lowest BCUT2D eigenvalue weighted by Crippen LogP contribution is -2.48. The van der Waals surface area contributed by atoms with Crippen LogP contribution < -0.4 is 10.6 Å². The number of aromatic nitrogens is 1. The topological polar surface area (TPSA) is 63.1 Å². The monoisotopic (exact) mass is 261 g/mol. The van der Waals surface area contributed by atoms with E-state index in [1.54, 1.807) is 0 Å². The Morgan fingerprint density at radius 3 is 2.84 bits per heavy atom. The summed E-state index contributed by atoms with van der Waals surface area (Å²) < 4.78 is 2.08. The van der Waals surface area contributed by atoms with Gasteiger partial charge < -0.3 is 15.2 Å². The Kier molecular flexibility index (Phi) is 3.27. The van der Waals surface area contributed by atoms with Crippen molar-refractivity contribution in [2.45, 2.75) is 44.2 Å². The Labute approximate surface area is 112 Å². The van der Waals surface area contributed by atoms with Gasteiger partial charge in [0.1, 0.15) is 5.69 Å². The van der Waals surface area contributed by atoms with Gasteiger partial charge in [-0.1, -0.05) is 0 Å². The van der Waals surface area contributed by atoms with E-state index >= 15 is 0 Å². The third-order valence-electron chi connectivity index (χ3n) is 4.08. The number of hydrogen-bond acceptors (Lipinski definition) is 2. The van der Waals surface area contributed by atoms with Crippen molar-refractivity contribution < 1.29 is 9.59 Å². The molecule has 19 heavy (non-hydrogen) atoms. The first kappa shape index (κ1) is 12.3. The first-order chi connectivity index (χ1) is 9.24. The fourth-order valence-corrected chi connectivity index (χ4v) is 2.68. The average molecular weight is 261 g/mol. The summed E-state index contributed by atoms with van der Waals surface area (Å²) in [7, 11) is 0. The smallest absolute Gasteiger partial charge is 0.268 e. The van der Waals surface area contributed by atoms with Crippen molar-refractivity contribution in [2.75, 3.05) is 6.54 Å². The van der Waals surface area contributed by atoms with Crippen LogP contribution in [0.2, 0.25) is 0 Å². The molecule has 1 aromatic rings. The molecule has 1 saturated heterocycles. The molecule has 1 aliphatic carbocycles. The predicted octanol–water partition coefficient (Wildman–Crippen LogP) is 1.22. The van der Waals surface area contributed by atoms with Crippen molar-refractivity contribution in [2.24, 2.45) is 0 Å². The summed E-state index contributed by atoms with van der Waals surface area (Å²) in [4.78, 5) is 23.4. The van der Waals surface area contributed by atoms with E-state index in [1.165, 1.54) is 6.42 Å². The van der Waals surface area contributed by atoms with Gasteiger partial charge in [-0.05, 0) is 37.8 Å². The number of carbonyl (C=O) groups is 2. The molecule has 1 atom stereocenters. The molecule has 1 saturated carbocycles. The zero-order chi connectivity index (χ0) is 13.2. The number of nitrogens with one attached hydrogen (secondary N) is 2. The lowest BCUT2D eigenvalue weighted by Gasteiger charge is -2.29. The maximum absolute atomic E-state index is 12.3. The van der Waals surface area contributed by atoms with Gasteiger partial charge in [0.25, 0.3) is 5.91 Å². The Morgan fingerprint density at radius 2 is 2.21 bits per heavy atom. The van der Waals surface area contributed by atoms with Crippen molar-refractivity contribution >= 4 is 11.8 Å². The van der Waals surface area contributed by atoms with E-state index in [4.69, 9.17) is 0 Å². The van der Waals surface area contributed by atoms with Crippen LogP contribution in [0.4, 0.5) is 0 Å². The largest absolute Gasteiger partial charge is 0.354 e. The zero-order valence-electron chi connectivity index (χ0n) is 10.9. The maximum atomic E-state index is 12.3. The number of carbonyl (C=O) groups excluding carboxylic acids is 2. The van der Waals surface area contributed by atoms with Gasteiger partial charge in [-0.15, -0.1) is 0 Å². The van der Waals surface area contributed by atoms with Crippen molar-refractivity contribution in [1.29, 1.82) is 0 Å². The summed E-state index contributed by atoms with van der Waals surface area (Å²) >= 11 is 0. The molecule has 3 rings (SSSR count). The maximum Gasteiger partial charge on any atom is 0.268 e. The molecule has 2 heterocycles. The van der Waals surface area contributed by atoms with Crippen molar-refractivity contribution in [3.05, 3.63) is 24.0 Å². The SMILES string of the molecule is O=C1CCC(NC(=O)c2cccn2C2CCC2)CN1. The summed E-state index contributed by atoms with van der Waals surface area (Å²) in [5.41, 5.74) is 0.738. The first-order valence-electron chi connectivity index (χ1n) is 6.98. The van der Waals surface area contributed by atoms with E-state index < -0.39 is 0 Å². The quantitative estimate of drug-likeness (QED) is 0.859. The Balaban J connectivity index is 1.63. The molecular formula is C14H19N3O2. The molecule has 1 aliphatic heterocycles. The van der Waals surface area contributed by atoms with Crippen LogP contribution in [0.15, 0.2) is 18.3 Å². The third kappa shape index (κ3) is 2.50. The molecular weight excluding hydrogens is 242 g/mol. The minimum absolute atomic E-state index is 0.0296. The van der Waals surface area contributed by atoms with E-state index in [0.29, 0.717) is 19.0 Å². The van der Waals surface area contributed by atoms with Gasteiger partial charge in [0.05, 0.1) is 0 Å². The second-order valence-electron chi connectivity index (χ2n) is 5.40. The van der Waals surface area contributed by atoms with E-state index in [1.807, 2.05) is 18.3 Å². The summed E-state index contributed by atoms with van der Waals surface area (Å²) in [5, 5.41) is 5.79. The van der Waals surface area contributed by atoms with E-state index in [0.717, 1.165) is 25.0 Å². The minimum atomic E-state index is -0.0296. The van der Waals surface area contributed by atoms with Crippen LogP contribution in [0.25, 0.3) is 0 Å². The fourth-order valence-electron chi connectivity index (χ4n) is 2.68. The molecule has 1 aromatic heterocycles. The van der Waals surface area contributed by atoms with Crippen LogP contribution >= 0.6 is 0 Å². The van der Waals surface area contributed by atoms with Crippen molar-refractivity contribution in [3.63, 3.8) is 0 Å². The summed E-state index contributed by atoms with van der Waals surface area (Å²) in [6.45, 7) is 0.536. The fraction of sp³-hybridized carbons (Fsp3) is 0.571. The average Bonchev–Trinajstić information content (AvgIpc) is 2.79. The van der Waals surface area contributed by atoms with Crippen LogP contribution in [0, 0.1) is 0 Å². The predicted molar refractivity (Wildman–Crippen MR) is 70.8 cm³/mol. The molecule has 2 fully saturated rings. The number of nitrogens with zero attached hydrogens (tertiary/aromatic N) is 1. The standard InChI is InChI=1S/C14H19N3O2/c18-13-7-6-10(9-15-13)16-14(19)12-5-2-8-17(12)11-3-1-4-11/h2,5,8,10-11H,1,3-4,6-7,9H2,(H,15,18)(H,16,19). The Hall–Kier alpha value is -1.78. The van der Waals surface area contributed by atoms with Gasteiger partial charge in [0.15, 0.2) is 0 Å². The van der Waals surface area contributed by atoms with Gasteiger partial charge in [-0.25, -0.2) is 0 Å². The number of amides is 2. The lowest BCUT2D eigenvalue weighted by atomic mass is 9.93. The molecule has 2 amide bonds. The molecule has 2 N–H and O–H groups in total. The highest BCUT2D eigenvalue weighted by Gasteiger charge is 2.25. The zero-order valence-corrected chi connectivity index (χ0v) is 10.9. The van der Waals surface area contributed by atoms with Crippen molar-refractivity contribution in [1.82, 2.24) is 15.2 Å². The lowest BCUT2D eigenvalue weighted by molar-refractivity contribution is -0.122. The van der Waals surface area contributed by atoms with Gasteiger partial charge in [0.2, 0.25) is 5.91 Å². The van der Waals surface area contributed by atoms with Crippen LogP contribution in [0.5, 0.6) is 0 Å². The molecule has 0 spiro atoms. The van der Waals surface area contributed by atoms with Crippen molar-refractivity contribution in [3.8, 4) is 0 Å². The summed E-state index contributed by atoms with van der Waals surface area (Å²) in [6.07, 6.45) is 6.78. The van der Waals surface area contributed by atoms with Gasteiger partial charge in [0, 0.05) is 31.2 Å². The molecule has 5 heteroatoms. The third-order valence-corrected chi connectivity index (χ3v) is 4.08. The highest BCUT2D eigenvalue weighted by atomic mass is 16.2. The summed E-state index contributed by atoms with van der Waals surface area (Å²) in [5.74, 6) is 0.0430. The molecule has 2 aliphatic rings. The normalized spacial score (nSPS) is 23.6. The second-order valence-corrected chi connectivity index (χ2v) is 5.40. The van der Waals surface area contributed by atoms with E-state index in [2.05, 4.69) is 15.2 Å². The molecule has 1 unspecified atom stereocenters. The summed E-state index contributed by atoms with van der Waals surface area (Å²) in [6, 6.07) is 4.34. The molecule has 0 aromatic carbocycles. The van der Waals surface area contributed by atoms with E-state index in [9.17, 15) is 9.59 Å². The molecule has 0 bridgehead atoms. The van der Waals surface area contributed by atoms with E-state index in [-0.39, 0.29) is 17.9 Å². The molecule has 0 radical (unpaired) electrons.